The van der Waals surface area contributed by atoms with E-state index in [1.807, 2.05) is 47.2 Å². The molecule has 2 amide bonds. The van der Waals surface area contributed by atoms with E-state index in [0.717, 1.165) is 23.4 Å². The van der Waals surface area contributed by atoms with Crippen LogP contribution in [0.4, 0.5) is 8.78 Å². The minimum absolute atomic E-state index is 0.0119. The van der Waals surface area contributed by atoms with Crippen molar-refractivity contribution in [1.29, 1.82) is 0 Å². The van der Waals surface area contributed by atoms with Crippen LogP contribution in [0.3, 0.4) is 0 Å². The average molecular weight is 717 g/mol. The minimum Gasteiger partial charge on any atom is -0.480 e. The SMILES string of the molecule is CC(C)(C)[C@@H](NCC[C@H](N)C(=O)NCCC(=O)N[C@@H](CCCCN)C(=O)O)c1cc(-c2cc(F)ccc2F)cn1Cc1ccccc1.OCCO. The van der Waals surface area contributed by atoms with E-state index in [9.17, 15) is 28.3 Å². The molecule has 0 bridgehead atoms. The highest BCUT2D eigenvalue weighted by atomic mass is 19.1. The summed E-state index contributed by atoms with van der Waals surface area (Å²) in [5.74, 6) is -3.08. The van der Waals surface area contributed by atoms with Crippen LogP contribution in [0.25, 0.3) is 11.1 Å². The fourth-order valence-corrected chi connectivity index (χ4v) is 5.37. The normalized spacial score (nSPS) is 13.0. The highest BCUT2D eigenvalue weighted by molar-refractivity contribution is 5.85. The van der Waals surface area contributed by atoms with E-state index in [4.69, 9.17) is 21.7 Å². The van der Waals surface area contributed by atoms with Gasteiger partial charge in [-0.3, -0.25) is 9.59 Å². The molecule has 0 aliphatic heterocycles. The molecular formula is C37H54F2N6O6. The zero-order valence-electron chi connectivity index (χ0n) is 29.7. The lowest BCUT2D eigenvalue weighted by molar-refractivity contribution is -0.142. The fourth-order valence-electron chi connectivity index (χ4n) is 5.37. The molecule has 0 fully saturated rings. The van der Waals surface area contributed by atoms with E-state index < -0.39 is 41.5 Å². The molecule has 0 saturated carbocycles. The van der Waals surface area contributed by atoms with E-state index in [1.54, 1.807) is 0 Å². The van der Waals surface area contributed by atoms with Crippen LogP contribution in [0.2, 0.25) is 0 Å². The first-order valence-electron chi connectivity index (χ1n) is 17.1. The molecule has 0 saturated heterocycles. The van der Waals surface area contributed by atoms with Gasteiger partial charge in [-0.05, 0) is 74.0 Å². The molecule has 0 aliphatic rings. The first-order valence-corrected chi connectivity index (χ1v) is 17.1. The number of hydrogen-bond donors (Lipinski definition) is 8. The number of halogens is 2. The Morgan fingerprint density at radius 2 is 1.63 bits per heavy atom. The number of rotatable bonds is 19. The Labute approximate surface area is 298 Å². The lowest BCUT2D eigenvalue weighted by Gasteiger charge is -2.33. The van der Waals surface area contributed by atoms with Gasteiger partial charge in [0.2, 0.25) is 11.8 Å². The van der Waals surface area contributed by atoms with Gasteiger partial charge in [-0.2, -0.15) is 0 Å². The predicted molar refractivity (Wildman–Crippen MR) is 192 cm³/mol. The molecule has 10 N–H and O–H groups in total. The third-order valence-corrected chi connectivity index (χ3v) is 8.00. The van der Waals surface area contributed by atoms with Gasteiger partial charge in [0.15, 0.2) is 0 Å². The molecule has 0 spiro atoms. The van der Waals surface area contributed by atoms with E-state index in [0.29, 0.717) is 38.0 Å². The van der Waals surface area contributed by atoms with Crippen LogP contribution in [0.1, 0.15) is 70.2 Å². The van der Waals surface area contributed by atoms with E-state index in [1.165, 1.54) is 6.07 Å². The van der Waals surface area contributed by atoms with Crippen molar-refractivity contribution >= 4 is 17.8 Å². The fraction of sp³-hybridized carbons (Fsp3) is 0.486. The molecule has 0 aliphatic carbocycles. The second-order valence-electron chi connectivity index (χ2n) is 13.3. The highest BCUT2D eigenvalue weighted by Crippen LogP contribution is 2.37. The highest BCUT2D eigenvalue weighted by Gasteiger charge is 2.30. The van der Waals surface area contributed by atoms with Gasteiger partial charge in [0.25, 0.3) is 0 Å². The quantitative estimate of drug-likeness (QED) is 0.0858. The van der Waals surface area contributed by atoms with Crippen molar-refractivity contribution in [2.75, 3.05) is 32.8 Å². The minimum atomic E-state index is -1.12. The van der Waals surface area contributed by atoms with Crippen LogP contribution in [-0.2, 0) is 20.9 Å². The third kappa shape index (κ3) is 14.9. The maximum atomic E-state index is 14.8. The topological polar surface area (TPSA) is 205 Å². The molecule has 51 heavy (non-hydrogen) atoms. The Bertz CT molecular complexity index is 1510. The molecule has 2 aromatic carbocycles. The van der Waals surface area contributed by atoms with Crippen LogP contribution < -0.4 is 27.4 Å². The standard InChI is InChI=1S/C35H48F2N6O4.C2H6O2/c1-35(2,3)32(40-17-14-28(39)33(45)41-18-15-31(44)42-29(34(46)47)11-7-8-16-38)30-19-24(26-20-25(36)12-13-27(26)37)22-43(30)21-23-9-5-4-6-10-23;3-1-2-4/h4-6,9-10,12-13,19-20,22,28-29,32,40H,7-8,11,14-18,21,38-39H2,1-3H3,(H,41,45)(H,42,44)(H,46,47);3-4H,1-2H2/t28-,29-,32-;/m0./s1. The lowest BCUT2D eigenvalue weighted by Crippen LogP contribution is -2.45. The Kier molecular flexibility index (Phi) is 18.4. The summed E-state index contributed by atoms with van der Waals surface area (Å²) in [6, 6.07) is 13.0. The number of carbonyl (C=O) groups excluding carboxylic acids is 2. The summed E-state index contributed by atoms with van der Waals surface area (Å²) in [6.07, 6.45) is 3.55. The average Bonchev–Trinajstić information content (AvgIpc) is 3.49. The van der Waals surface area contributed by atoms with Crippen molar-refractivity contribution in [3.63, 3.8) is 0 Å². The monoisotopic (exact) mass is 716 g/mol. The van der Waals surface area contributed by atoms with Gasteiger partial charge in [-0.1, -0.05) is 51.1 Å². The van der Waals surface area contributed by atoms with Crippen molar-refractivity contribution in [1.82, 2.24) is 20.5 Å². The zero-order valence-corrected chi connectivity index (χ0v) is 29.7. The molecule has 1 aromatic heterocycles. The van der Waals surface area contributed by atoms with Gasteiger partial charge >= 0.3 is 5.97 Å². The smallest absolute Gasteiger partial charge is 0.326 e. The Balaban J connectivity index is 0.00000213. The summed E-state index contributed by atoms with van der Waals surface area (Å²) in [5.41, 5.74) is 13.9. The molecule has 1 heterocycles. The number of aromatic nitrogens is 1. The van der Waals surface area contributed by atoms with Crippen molar-refractivity contribution in [3.05, 3.63) is 83.7 Å². The Hall–Kier alpha value is -4.21. The largest absolute Gasteiger partial charge is 0.480 e. The number of aliphatic hydroxyl groups excluding tert-OH is 2. The Morgan fingerprint density at radius 1 is 0.941 bits per heavy atom. The number of aliphatic carboxylic acids is 1. The number of benzene rings is 2. The summed E-state index contributed by atoms with van der Waals surface area (Å²) in [5, 5.41) is 33.2. The first kappa shape index (κ1) is 43.0. The van der Waals surface area contributed by atoms with E-state index in [2.05, 4.69) is 36.7 Å². The van der Waals surface area contributed by atoms with Crippen molar-refractivity contribution < 1.29 is 38.5 Å². The van der Waals surface area contributed by atoms with Gasteiger partial charge in [-0.25, -0.2) is 13.6 Å². The van der Waals surface area contributed by atoms with E-state index >= 15 is 0 Å². The second-order valence-corrected chi connectivity index (χ2v) is 13.3. The first-order chi connectivity index (χ1) is 24.2. The summed E-state index contributed by atoms with van der Waals surface area (Å²) in [6.45, 7) is 7.29. The van der Waals surface area contributed by atoms with Gasteiger partial charge in [-0.15, -0.1) is 0 Å². The van der Waals surface area contributed by atoms with E-state index in [-0.39, 0.29) is 56.0 Å². The summed E-state index contributed by atoms with van der Waals surface area (Å²) < 4.78 is 31.0. The number of nitrogens with two attached hydrogens (primary N) is 2. The molecule has 3 rings (SSSR count). The van der Waals surface area contributed by atoms with Crippen LogP contribution in [-0.4, -0.2) is 82.6 Å². The molecule has 0 radical (unpaired) electrons. The number of carbonyl (C=O) groups is 3. The molecule has 12 nitrogen and oxygen atoms in total. The van der Waals surface area contributed by atoms with Crippen LogP contribution in [0, 0.1) is 17.0 Å². The lowest BCUT2D eigenvalue weighted by atomic mass is 9.84. The van der Waals surface area contributed by atoms with Crippen LogP contribution >= 0.6 is 0 Å². The van der Waals surface area contributed by atoms with Crippen LogP contribution in [0.15, 0.2) is 60.8 Å². The molecule has 14 heteroatoms. The number of hydrogen-bond acceptors (Lipinski definition) is 8. The Morgan fingerprint density at radius 3 is 2.24 bits per heavy atom. The number of nitrogens with one attached hydrogen (secondary N) is 3. The molecule has 282 valence electrons. The molecule has 0 unspecified atom stereocenters. The zero-order chi connectivity index (χ0) is 38.0. The number of nitrogens with zero attached hydrogens (tertiary/aromatic N) is 1. The number of unbranched alkanes of at least 4 members (excludes halogenated alkanes) is 1. The summed E-state index contributed by atoms with van der Waals surface area (Å²) >= 11 is 0. The predicted octanol–water partition coefficient (Wildman–Crippen LogP) is 3.05. The number of amides is 2. The van der Waals surface area contributed by atoms with Crippen molar-refractivity contribution in [2.24, 2.45) is 16.9 Å². The van der Waals surface area contributed by atoms with Crippen molar-refractivity contribution in [2.45, 2.75) is 77.5 Å². The van der Waals surface area contributed by atoms with Gasteiger partial charge < -0.3 is 47.3 Å². The number of aliphatic hydroxyl groups is 2. The molecule has 3 atom stereocenters. The second kappa shape index (κ2) is 21.9. The number of carboxylic acids is 1. The van der Waals surface area contributed by atoms with Gasteiger partial charge in [0, 0.05) is 42.5 Å². The molecule has 3 aromatic rings. The van der Waals surface area contributed by atoms with Gasteiger partial charge in [0.05, 0.1) is 25.3 Å². The van der Waals surface area contributed by atoms with Gasteiger partial charge in [0.1, 0.15) is 17.7 Å². The summed E-state index contributed by atoms with van der Waals surface area (Å²) in [7, 11) is 0. The van der Waals surface area contributed by atoms with Crippen molar-refractivity contribution in [3.8, 4) is 11.1 Å². The maximum absolute atomic E-state index is 14.8. The third-order valence-electron chi connectivity index (χ3n) is 8.00. The maximum Gasteiger partial charge on any atom is 0.326 e. The van der Waals surface area contributed by atoms with Crippen LogP contribution in [0.5, 0.6) is 0 Å². The summed E-state index contributed by atoms with van der Waals surface area (Å²) in [4.78, 5) is 36.4. The molecular weight excluding hydrogens is 662 g/mol. The number of carboxylic acid groups (broad SMARTS) is 1.